The molecule has 0 aliphatic carbocycles. The van der Waals surface area contributed by atoms with Crippen LogP contribution in [0.5, 0.6) is 5.75 Å². The molecule has 0 aliphatic heterocycles. The van der Waals surface area contributed by atoms with Crippen LogP contribution in [0.2, 0.25) is 0 Å². The van der Waals surface area contributed by atoms with Crippen LogP contribution in [0.1, 0.15) is 12.5 Å². The number of benzene rings is 2. The molecule has 0 N–H and O–H groups in total. The number of nitrogens with zero attached hydrogens (tertiary/aromatic N) is 2. The van der Waals surface area contributed by atoms with Crippen LogP contribution in [-0.4, -0.2) is 17.1 Å². The third-order valence-corrected chi connectivity index (χ3v) is 4.70. The number of ether oxygens (including phenoxy) is 1. The fraction of sp³-hybridized carbons (Fsp3) is 0.222. The van der Waals surface area contributed by atoms with Crippen molar-refractivity contribution in [2.75, 3.05) is 6.61 Å². The largest absolute Gasteiger partial charge is 0.484 e. The Morgan fingerprint density at radius 1 is 1.22 bits per heavy atom. The number of fused-ring (bicyclic) bond motifs is 1. The van der Waals surface area contributed by atoms with Crippen LogP contribution in [0.15, 0.2) is 53.5 Å². The zero-order chi connectivity index (χ0) is 16.2. The van der Waals surface area contributed by atoms with Crippen molar-refractivity contribution in [3.05, 3.63) is 58.9 Å². The maximum absolute atomic E-state index is 12.0. The molecule has 0 saturated heterocycles. The van der Waals surface area contributed by atoms with Crippen molar-refractivity contribution < 1.29 is 9.53 Å². The zero-order valence-corrected chi connectivity index (χ0v) is 14.0. The van der Waals surface area contributed by atoms with E-state index in [0.717, 1.165) is 16.6 Å². The highest BCUT2D eigenvalue weighted by Gasteiger charge is 2.06. The van der Waals surface area contributed by atoms with Crippen LogP contribution in [0.25, 0.3) is 10.2 Å². The monoisotopic (exact) mass is 326 g/mol. The van der Waals surface area contributed by atoms with Crippen LogP contribution >= 0.6 is 11.3 Å². The van der Waals surface area contributed by atoms with Crippen molar-refractivity contribution in [3.63, 3.8) is 0 Å². The van der Waals surface area contributed by atoms with Gasteiger partial charge in [-0.15, -0.1) is 0 Å². The van der Waals surface area contributed by atoms with E-state index in [0.29, 0.717) is 10.6 Å². The molecule has 0 saturated carbocycles. The summed E-state index contributed by atoms with van der Waals surface area (Å²) in [6.45, 7) is 2.07. The number of aromatic nitrogens is 1. The molecule has 23 heavy (non-hydrogen) atoms. The maximum atomic E-state index is 12.0. The molecule has 0 radical (unpaired) electrons. The van der Waals surface area contributed by atoms with Crippen LogP contribution in [0.4, 0.5) is 0 Å². The van der Waals surface area contributed by atoms with Crippen molar-refractivity contribution >= 4 is 27.5 Å². The number of carbonyl (C=O) groups excluding carboxylic acids is 1. The molecule has 0 fully saturated rings. The second-order valence-electron chi connectivity index (χ2n) is 5.21. The van der Waals surface area contributed by atoms with E-state index in [1.54, 1.807) is 0 Å². The zero-order valence-electron chi connectivity index (χ0n) is 13.2. The first kappa shape index (κ1) is 15.5. The highest BCUT2D eigenvalue weighted by Crippen LogP contribution is 2.18. The summed E-state index contributed by atoms with van der Waals surface area (Å²) in [6.07, 6.45) is 0.994. The quantitative estimate of drug-likeness (QED) is 0.738. The Balaban J connectivity index is 1.82. The van der Waals surface area contributed by atoms with Gasteiger partial charge in [0.05, 0.1) is 10.2 Å². The lowest BCUT2D eigenvalue weighted by molar-refractivity contribution is -0.120. The minimum Gasteiger partial charge on any atom is -0.484 e. The van der Waals surface area contributed by atoms with Crippen LogP contribution in [0.3, 0.4) is 0 Å². The van der Waals surface area contributed by atoms with E-state index in [-0.39, 0.29) is 12.5 Å². The summed E-state index contributed by atoms with van der Waals surface area (Å²) in [5.74, 6) is 0.385. The predicted molar refractivity (Wildman–Crippen MR) is 92.7 cm³/mol. The summed E-state index contributed by atoms with van der Waals surface area (Å²) in [6, 6.07) is 15.6. The first-order valence-corrected chi connectivity index (χ1v) is 8.33. The van der Waals surface area contributed by atoms with E-state index < -0.39 is 0 Å². The molecule has 4 nitrogen and oxygen atoms in total. The summed E-state index contributed by atoms with van der Waals surface area (Å²) in [5, 5.41) is 0. The van der Waals surface area contributed by atoms with Gasteiger partial charge in [-0.25, -0.2) is 0 Å². The molecule has 3 rings (SSSR count). The Morgan fingerprint density at radius 2 is 2.00 bits per heavy atom. The number of rotatable bonds is 4. The highest BCUT2D eigenvalue weighted by molar-refractivity contribution is 7.16. The lowest BCUT2D eigenvalue weighted by atomic mass is 10.2. The van der Waals surface area contributed by atoms with Crippen LogP contribution < -0.4 is 9.54 Å². The topological polar surface area (TPSA) is 43.6 Å². The summed E-state index contributed by atoms with van der Waals surface area (Å²) in [7, 11) is 1.93. The lowest BCUT2D eigenvalue weighted by Crippen LogP contribution is -2.17. The fourth-order valence-electron chi connectivity index (χ4n) is 2.31. The Hall–Kier alpha value is -2.40. The molecular weight excluding hydrogens is 308 g/mol. The van der Waals surface area contributed by atoms with Gasteiger partial charge in [0.15, 0.2) is 11.4 Å². The average molecular weight is 326 g/mol. The van der Waals surface area contributed by atoms with Crippen molar-refractivity contribution in [2.45, 2.75) is 13.3 Å². The minimum atomic E-state index is -0.285. The summed E-state index contributed by atoms with van der Waals surface area (Å²) >= 11 is 1.52. The Morgan fingerprint density at radius 3 is 2.74 bits per heavy atom. The third-order valence-electron chi connectivity index (χ3n) is 3.61. The number of para-hydroxylation sites is 1. The average Bonchev–Trinajstić information content (AvgIpc) is 2.89. The molecule has 3 aromatic rings. The molecule has 1 amide bonds. The fourth-order valence-corrected chi connectivity index (χ4v) is 3.40. The standard InChI is InChI=1S/C18H18N2O2S/c1-3-13-9-10-15-16(11-13)23-18(20(15)2)19-17(21)12-22-14-7-5-4-6-8-14/h4-11H,3,12H2,1-2H3. The molecular formula is C18H18N2O2S. The van der Waals surface area contributed by atoms with E-state index in [1.165, 1.54) is 16.9 Å². The summed E-state index contributed by atoms with van der Waals surface area (Å²) in [5.41, 5.74) is 2.37. The van der Waals surface area contributed by atoms with Crippen molar-refractivity contribution in [2.24, 2.45) is 12.0 Å². The number of hydrogen-bond donors (Lipinski definition) is 0. The number of aryl methyl sites for hydroxylation is 2. The Bertz CT molecular complexity index is 894. The van der Waals surface area contributed by atoms with Crippen molar-refractivity contribution in [3.8, 4) is 5.75 Å². The second kappa shape index (κ2) is 6.79. The van der Waals surface area contributed by atoms with Gasteiger partial charge in [0.1, 0.15) is 5.75 Å². The Labute approximate surface area is 138 Å². The first-order valence-electron chi connectivity index (χ1n) is 7.51. The molecule has 0 atom stereocenters. The van der Waals surface area contributed by atoms with Gasteiger partial charge in [0.2, 0.25) is 0 Å². The van der Waals surface area contributed by atoms with Crippen LogP contribution in [0, 0.1) is 0 Å². The SMILES string of the molecule is CCc1ccc2c(c1)sc(=NC(=O)COc1ccccc1)n2C. The number of hydrogen-bond acceptors (Lipinski definition) is 3. The van der Waals surface area contributed by atoms with E-state index in [4.69, 9.17) is 4.74 Å². The molecule has 2 aromatic carbocycles. The lowest BCUT2D eigenvalue weighted by Gasteiger charge is -2.01. The normalized spacial score (nSPS) is 11.8. The summed E-state index contributed by atoms with van der Waals surface area (Å²) in [4.78, 5) is 16.9. The van der Waals surface area contributed by atoms with E-state index in [9.17, 15) is 4.79 Å². The van der Waals surface area contributed by atoms with Gasteiger partial charge in [-0.1, -0.05) is 42.5 Å². The molecule has 0 aliphatic rings. The number of thiazole rings is 1. The first-order chi connectivity index (χ1) is 11.2. The molecule has 1 heterocycles. The maximum Gasteiger partial charge on any atom is 0.286 e. The van der Waals surface area contributed by atoms with Gasteiger partial charge in [-0.3, -0.25) is 4.79 Å². The second-order valence-corrected chi connectivity index (χ2v) is 6.22. The molecule has 0 bridgehead atoms. The van der Waals surface area contributed by atoms with Gasteiger partial charge >= 0.3 is 0 Å². The predicted octanol–water partition coefficient (Wildman–Crippen LogP) is 3.31. The minimum absolute atomic E-state index is 0.0571. The number of carbonyl (C=O) groups is 1. The van der Waals surface area contributed by atoms with Gasteiger partial charge < -0.3 is 9.30 Å². The van der Waals surface area contributed by atoms with Crippen LogP contribution in [-0.2, 0) is 18.3 Å². The van der Waals surface area contributed by atoms with Crippen molar-refractivity contribution in [1.82, 2.24) is 4.57 Å². The number of amides is 1. The molecule has 5 heteroatoms. The van der Waals surface area contributed by atoms with E-state index in [2.05, 4.69) is 30.1 Å². The molecule has 1 aromatic heterocycles. The van der Waals surface area contributed by atoms with E-state index in [1.807, 2.05) is 41.9 Å². The summed E-state index contributed by atoms with van der Waals surface area (Å²) < 4.78 is 8.53. The van der Waals surface area contributed by atoms with E-state index >= 15 is 0 Å². The Kier molecular flexibility index (Phi) is 4.57. The third kappa shape index (κ3) is 3.51. The van der Waals surface area contributed by atoms with Gasteiger partial charge in [0, 0.05) is 7.05 Å². The smallest absolute Gasteiger partial charge is 0.286 e. The van der Waals surface area contributed by atoms with Gasteiger partial charge in [0.25, 0.3) is 5.91 Å². The van der Waals surface area contributed by atoms with Gasteiger partial charge in [-0.2, -0.15) is 4.99 Å². The molecule has 0 spiro atoms. The molecule has 0 unspecified atom stereocenters. The van der Waals surface area contributed by atoms with Crippen molar-refractivity contribution in [1.29, 1.82) is 0 Å². The van der Waals surface area contributed by atoms with Gasteiger partial charge in [-0.05, 0) is 36.2 Å². The highest BCUT2D eigenvalue weighted by atomic mass is 32.1. The molecule has 118 valence electrons.